The number of anilines is 1. The lowest BCUT2D eigenvalue weighted by atomic mass is 10.2. The molecule has 1 unspecified atom stereocenters. The zero-order chi connectivity index (χ0) is 18.1. The van der Waals surface area contributed by atoms with Gasteiger partial charge in [0, 0.05) is 17.4 Å². The summed E-state index contributed by atoms with van der Waals surface area (Å²) in [6.07, 6.45) is 0. The number of rotatable bonds is 4. The van der Waals surface area contributed by atoms with E-state index in [2.05, 4.69) is 20.5 Å². The third-order valence-corrected chi connectivity index (χ3v) is 4.79. The number of nitrogens with zero attached hydrogens (tertiary/aromatic N) is 4. The highest BCUT2D eigenvalue weighted by Gasteiger charge is 2.19. The van der Waals surface area contributed by atoms with Crippen LogP contribution in [0.2, 0.25) is 0 Å². The Kier molecular flexibility index (Phi) is 4.71. The molecule has 6 nitrogen and oxygen atoms in total. The van der Waals surface area contributed by atoms with E-state index in [1.54, 1.807) is 26.0 Å². The number of aryl methyl sites for hydroxylation is 3. The van der Waals surface area contributed by atoms with Crippen molar-refractivity contribution in [3.8, 4) is 0 Å². The van der Waals surface area contributed by atoms with Gasteiger partial charge < -0.3 is 5.32 Å². The number of halogens is 1. The van der Waals surface area contributed by atoms with Crippen molar-refractivity contribution in [3.05, 3.63) is 47.2 Å². The van der Waals surface area contributed by atoms with Gasteiger partial charge >= 0.3 is 0 Å². The second kappa shape index (κ2) is 6.79. The van der Waals surface area contributed by atoms with Gasteiger partial charge in [0.05, 0.1) is 5.25 Å². The summed E-state index contributed by atoms with van der Waals surface area (Å²) < 4.78 is 15.4. The van der Waals surface area contributed by atoms with Gasteiger partial charge in [-0.3, -0.25) is 9.20 Å². The lowest BCUT2D eigenvalue weighted by molar-refractivity contribution is -0.115. The van der Waals surface area contributed by atoms with Gasteiger partial charge in [-0.2, -0.15) is 0 Å². The molecule has 0 radical (unpaired) electrons. The second-order valence-electron chi connectivity index (χ2n) is 5.83. The third-order valence-electron chi connectivity index (χ3n) is 3.75. The van der Waals surface area contributed by atoms with Crippen LogP contribution in [0.1, 0.15) is 24.0 Å². The zero-order valence-electron chi connectivity index (χ0n) is 14.4. The smallest absolute Gasteiger partial charge is 0.237 e. The third kappa shape index (κ3) is 3.63. The van der Waals surface area contributed by atoms with E-state index in [4.69, 9.17) is 0 Å². The van der Waals surface area contributed by atoms with Crippen LogP contribution in [0, 0.1) is 26.6 Å². The van der Waals surface area contributed by atoms with Crippen LogP contribution in [0.3, 0.4) is 0 Å². The number of hydrogen-bond donors (Lipinski definition) is 1. The molecule has 2 heterocycles. The minimum absolute atomic E-state index is 0.234. The molecule has 0 saturated carbocycles. The molecule has 0 saturated heterocycles. The molecule has 2 aromatic heterocycles. The van der Waals surface area contributed by atoms with Crippen LogP contribution in [0.15, 0.2) is 29.4 Å². The van der Waals surface area contributed by atoms with Crippen LogP contribution in [-0.2, 0) is 4.79 Å². The average molecular weight is 359 g/mol. The largest absolute Gasteiger partial charge is 0.325 e. The standard InChI is InChI=1S/C17H18FN5OS/c1-9-5-6-13(8-14(9)18)20-16(24)11(3)25-17-22-21-15-7-10(2)19-12(4)23(15)17/h5-8,11H,1-4H3,(H,20,24). The Labute approximate surface area is 148 Å². The minimum Gasteiger partial charge on any atom is -0.325 e. The van der Waals surface area contributed by atoms with Crippen molar-refractivity contribution < 1.29 is 9.18 Å². The molecule has 130 valence electrons. The number of benzene rings is 1. The molecule has 1 atom stereocenters. The first-order chi connectivity index (χ1) is 11.8. The summed E-state index contributed by atoms with van der Waals surface area (Å²) in [5.41, 5.74) is 2.52. The van der Waals surface area contributed by atoms with Gasteiger partial charge in [0.2, 0.25) is 5.91 Å². The first-order valence-corrected chi connectivity index (χ1v) is 8.66. The van der Waals surface area contributed by atoms with Gasteiger partial charge in [0.15, 0.2) is 10.8 Å². The number of nitrogens with one attached hydrogen (secondary N) is 1. The quantitative estimate of drug-likeness (QED) is 0.724. The van der Waals surface area contributed by atoms with Crippen molar-refractivity contribution >= 4 is 29.0 Å². The maximum atomic E-state index is 13.6. The topological polar surface area (TPSA) is 72.2 Å². The van der Waals surface area contributed by atoms with E-state index in [1.165, 1.54) is 17.8 Å². The summed E-state index contributed by atoms with van der Waals surface area (Å²) in [6, 6.07) is 6.46. The van der Waals surface area contributed by atoms with Crippen molar-refractivity contribution in [1.29, 1.82) is 0 Å². The van der Waals surface area contributed by atoms with E-state index in [0.717, 1.165) is 11.5 Å². The molecule has 1 amide bonds. The molecule has 25 heavy (non-hydrogen) atoms. The van der Waals surface area contributed by atoms with E-state index in [1.807, 2.05) is 24.3 Å². The maximum Gasteiger partial charge on any atom is 0.237 e. The number of amides is 1. The van der Waals surface area contributed by atoms with Gasteiger partial charge in [-0.15, -0.1) is 10.2 Å². The highest BCUT2D eigenvalue weighted by atomic mass is 32.2. The van der Waals surface area contributed by atoms with E-state index >= 15 is 0 Å². The molecule has 0 aliphatic heterocycles. The predicted molar refractivity (Wildman–Crippen MR) is 95.3 cm³/mol. The molecule has 1 N–H and O–H groups in total. The molecular formula is C17H18FN5OS. The molecule has 3 aromatic rings. The van der Waals surface area contributed by atoms with Gasteiger partial charge in [-0.1, -0.05) is 17.8 Å². The van der Waals surface area contributed by atoms with E-state index < -0.39 is 5.25 Å². The van der Waals surface area contributed by atoms with Crippen molar-refractivity contribution in [3.63, 3.8) is 0 Å². The molecule has 1 aromatic carbocycles. The van der Waals surface area contributed by atoms with Crippen LogP contribution in [0.25, 0.3) is 5.65 Å². The summed E-state index contributed by atoms with van der Waals surface area (Å²) in [7, 11) is 0. The predicted octanol–water partition coefficient (Wildman–Crippen LogP) is 3.31. The molecule has 3 rings (SSSR count). The lowest BCUT2D eigenvalue weighted by Crippen LogP contribution is -2.22. The van der Waals surface area contributed by atoms with Crippen molar-refractivity contribution in [2.24, 2.45) is 0 Å². The van der Waals surface area contributed by atoms with E-state index in [0.29, 0.717) is 22.1 Å². The summed E-state index contributed by atoms with van der Waals surface area (Å²) in [4.78, 5) is 16.8. The first-order valence-electron chi connectivity index (χ1n) is 7.78. The monoisotopic (exact) mass is 359 g/mol. The van der Waals surface area contributed by atoms with Crippen LogP contribution >= 0.6 is 11.8 Å². The maximum absolute atomic E-state index is 13.6. The van der Waals surface area contributed by atoms with E-state index in [-0.39, 0.29) is 11.7 Å². The van der Waals surface area contributed by atoms with E-state index in [9.17, 15) is 9.18 Å². The SMILES string of the molecule is Cc1cc2nnc(SC(C)C(=O)Nc3ccc(C)c(F)c3)n2c(C)n1. The molecule has 0 fully saturated rings. The van der Waals surface area contributed by atoms with Gasteiger partial charge in [-0.25, -0.2) is 9.37 Å². The lowest BCUT2D eigenvalue weighted by Gasteiger charge is -2.12. The number of carbonyl (C=O) groups excluding carboxylic acids is 1. The summed E-state index contributed by atoms with van der Waals surface area (Å²) in [6.45, 7) is 7.20. The number of fused-ring (bicyclic) bond motifs is 1. The fraction of sp³-hybridized carbons (Fsp3) is 0.294. The van der Waals surface area contributed by atoms with Crippen molar-refractivity contribution in [2.75, 3.05) is 5.32 Å². The normalized spacial score (nSPS) is 12.4. The zero-order valence-corrected chi connectivity index (χ0v) is 15.2. The van der Waals surface area contributed by atoms with Gasteiger partial charge in [0.1, 0.15) is 11.6 Å². The fourth-order valence-electron chi connectivity index (χ4n) is 2.41. The Morgan fingerprint density at radius 3 is 2.72 bits per heavy atom. The van der Waals surface area contributed by atoms with Crippen molar-refractivity contribution in [1.82, 2.24) is 19.6 Å². The van der Waals surface area contributed by atoms with Gasteiger partial charge in [0.25, 0.3) is 0 Å². The van der Waals surface area contributed by atoms with Crippen LogP contribution < -0.4 is 5.32 Å². The number of thioether (sulfide) groups is 1. The average Bonchev–Trinajstić information content (AvgIpc) is 2.93. The molecular weight excluding hydrogens is 341 g/mol. The van der Waals surface area contributed by atoms with Gasteiger partial charge in [-0.05, 0) is 45.4 Å². The molecule has 0 aliphatic carbocycles. The number of hydrogen-bond acceptors (Lipinski definition) is 5. The molecule has 0 aliphatic rings. The number of aromatic nitrogens is 4. The first kappa shape index (κ1) is 17.3. The Morgan fingerprint density at radius 2 is 2.00 bits per heavy atom. The molecule has 0 spiro atoms. The fourth-order valence-corrected chi connectivity index (χ4v) is 3.31. The van der Waals surface area contributed by atoms with Crippen LogP contribution in [0.5, 0.6) is 0 Å². The number of carbonyl (C=O) groups is 1. The summed E-state index contributed by atoms with van der Waals surface area (Å²) in [5.74, 6) is 0.178. The minimum atomic E-state index is -0.433. The highest BCUT2D eigenvalue weighted by Crippen LogP contribution is 2.24. The van der Waals surface area contributed by atoms with Crippen molar-refractivity contribution in [2.45, 2.75) is 38.1 Å². The Hall–Kier alpha value is -2.48. The Morgan fingerprint density at radius 1 is 1.24 bits per heavy atom. The Bertz CT molecular complexity index is 956. The van der Waals surface area contributed by atoms with Crippen LogP contribution in [-0.4, -0.2) is 30.7 Å². The Balaban J connectivity index is 1.76. The highest BCUT2D eigenvalue weighted by molar-refractivity contribution is 8.00. The molecule has 8 heteroatoms. The second-order valence-corrected chi connectivity index (χ2v) is 7.14. The van der Waals surface area contributed by atoms with Crippen LogP contribution in [0.4, 0.5) is 10.1 Å². The molecule has 0 bridgehead atoms. The summed E-state index contributed by atoms with van der Waals surface area (Å²) in [5, 5.41) is 11.2. The summed E-state index contributed by atoms with van der Waals surface area (Å²) >= 11 is 1.28.